The second-order valence-electron chi connectivity index (χ2n) is 10.4. The van der Waals surface area contributed by atoms with Crippen LogP contribution in [0.5, 0.6) is 0 Å². The Hall–Kier alpha value is 0. The summed E-state index contributed by atoms with van der Waals surface area (Å²) in [6.07, 6.45) is 19.5. The molecule has 0 heteroatoms. The van der Waals surface area contributed by atoms with Crippen LogP contribution in [0.15, 0.2) is 0 Å². The second kappa shape index (κ2) is 4.76. The first-order chi connectivity index (χ1) is 10.9. The highest BCUT2D eigenvalue weighted by Crippen LogP contribution is 2.69. The van der Waals surface area contributed by atoms with Gasteiger partial charge in [-0.1, -0.05) is 38.5 Å². The van der Waals surface area contributed by atoms with E-state index in [2.05, 4.69) is 0 Å². The molecule has 6 aliphatic carbocycles. The molecule has 6 fully saturated rings. The molecule has 122 valence electrons. The highest BCUT2D eigenvalue weighted by atomic mass is 14.7. The second-order valence-corrected chi connectivity index (χ2v) is 10.4. The van der Waals surface area contributed by atoms with Crippen molar-refractivity contribution >= 4 is 0 Å². The Morgan fingerprint density at radius 2 is 1.00 bits per heavy atom. The smallest absolute Gasteiger partial charge is 0.0318 e. The number of fused-ring (bicyclic) bond motifs is 2. The van der Waals surface area contributed by atoms with Gasteiger partial charge in [0.2, 0.25) is 0 Å². The van der Waals surface area contributed by atoms with E-state index in [1.54, 1.807) is 77.0 Å². The molecule has 0 nitrogen and oxygen atoms in total. The lowest BCUT2D eigenvalue weighted by Crippen LogP contribution is -2.54. The fourth-order valence-corrected chi connectivity index (χ4v) is 9.63. The van der Waals surface area contributed by atoms with Gasteiger partial charge in [0.1, 0.15) is 0 Å². The Morgan fingerprint density at radius 1 is 0.364 bits per heavy atom. The molecule has 0 aromatic carbocycles. The van der Waals surface area contributed by atoms with Crippen molar-refractivity contribution in [1.29, 1.82) is 0 Å². The van der Waals surface area contributed by atoms with Crippen molar-refractivity contribution < 1.29 is 0 Å². The minimum Gasteiger partial charge on any atom is -0.0530 e. The van der Waals surface area contributed by atoms with Crippen molar-refractivity contribution in [2.45, 2.75) is 77.0 Å². The minimum atomic E-state index is 1.16. The third kappa shape index (κ3) is 1.66. The maximum atomic E-state index is 1.69. The van der Waals surface area contributed by atoms with E-state index in [0.29, 0.717) is 0 Å². The van der Waals surface area contributed by atoms with Gasteiger partial charge in [0.05, 0.1) is 0 Å². The lowest BCUT2D eigenvalue weighted by atomic mass is 9.44. The van der Waals surface area contributed by atoms with Crippen LogP contribution in [0.3, 0.4) is 0 Å². The van der Waals surface area contributed by atoms with Crippen LogP contribution in [-0.2, 0) is 0 Å². The predicted octanol–water partition coefficient (Wildman–Crippen LogP) is 5.91. The summed E-state index contributed by atoms with van der Waals surface area (Å²) in [6, 6.07) is 0. The van der Waals surface area contributed by atoms with E-state index in [0.717, 1.165) is 5.92 Å². The first-order valence-electron chi connectivity index (χ1n) is 10.9. The Morgan fingerprint density at radius 3 is 1.91 bits per heavy atom. The summed E-state index contributed by atoms with van der Waals surface area (Å²) in [5, 5.41) is 0. The van der Waals surface area contributed by atoms with Crippen LogP contribution in [-0.4, -0.2) is 0 Å². The van der Waals surface area contributed by atoms with Gasteiger partial charge >= 0.3 is 0 Å². The highest BCUT2D eigenvalue weighted by molar-refractivity contribution is 5.10. The van der Waals surface area contributed by atoms with Crippen molar-refractivity contribution in [3.05, 3.63) is 0 Å². The van der Waals surface area contributed by atoms with Crippen LogP contribution >= 0.6 is 0 Å². The van der Waals surface area contributed by atoms with Crippen molar-refractivity contribution in [2.75, 3.05) is 0 Å². The van der Waals surface area contributed by atoms with Crippen molar-refractivity contribution in [2.24, 2.45) is 59.2 Å². The molecule has 0 heterocycles. The average molecular weight is 299 g/mol. The van der Waals surface area contributed by atoms with Crippen molar-refractivity contribution in [1.82, 2.24) is 0 Å². The number of hydrogen-bond acceptors (Lipinski definition) is 0. The standard InChI is InChI=1S/C22H34/c1-2-7-18-13(4-1)10-16-8-9-17-11-14-5-3-6-15-12-19(18)21(16)22(17)20(14)15/h13-22H,1-12H2. The molecule has 0 aromatic heterocycles. The van der Waals surface area contributed by atoms with E-state index in [4.69, 9.17) is 0 Å². The summed E-state index contributed by atoms with van der Waals surface area (Å²) in [7, 11) is 0. The molecule has 0 spiro atoms. The lowest BCUT2D eigenvalue weighted by Gasteiger charge is -2.61. The van der Waals surface area contributed by atoms with Crippen molar-refractivity contribution in [3.8, 4) is 0 Å². The zero-order chi connectivity index (χ0) is 14.3. The van der Waals surface area contributed by atoms with E-state index in [-0.39, 0.29) is 0 Å². The molecule has 0 bridgehead atoms. The summed E-state index contributed by atoms with van der Waals surface area (Å²) in [5.74, 6) is 11.9. The largest absolute Gasteiger partial charge is 0.0530 e. The quantitative estimate of drug-likeness (QED) is 0.521. The van der Waals surface area contributed by atoms with E-state index in [1.807, 2.05) is 0 Å². The van der Waals surface area contributed by atoms with Crippen LogP contribution in [0, 0.1) is 59.2 Å². The van der Waals surface area contributed by atoms with Crippen LogP contribution in [0.2, 0.25) is 0 Å². The molecule has 6 rings (SSSR count). The molecule has 10 atom stereocenters. The van der Waals surface area contributed by atoms with Gasteiger partial charge in [0.15, 0.2) is 0 Å². The molecular weight excluding hydrogens is 264 g/mol. The molecule has 22 heavy (non-hydrogen) atoms. The molecule has 0 aliphatic heterocycles. The molecule has 0 radical (unpaired) electrons. The Bertz CT molecular complexity index is 453. The number of hydrogen-bond donors (Lipinski definition) is 0. The third-order valence-electron chi connectivity index (χ3n) is 9.92. The predicted molar refractivity (Wildman–Crippen MR) is 90.3 cm³/mol. The summed E-state index contributed by atoms with van der Waals surface area (Å²) >= 11 is 0. The summed E-state index contributed by atoms with van der Waals surface area (Å²) < 4.78 is 0. The first-order valence-corrected chi connectivity index (χ1v) is 10.9. The Labute approximate surface area is 136 Å². The monoisotopic (exact) mass is 298 g/mol. The van der Waals surface area contributed by atoms with Gasteiger partial charge in [-0.05, 0) is 97.7 Å². The van der Waals surface area contributed by atoms with Crippen LogP contribution < -0.4 is 0 Å². The summed E-state index contributed by atoms with van der Waals surface area (Å²) in [6.45, 7) is 0. The van der Waals surface area contributed by atoms with Gasteiger partial charge in [-0.2, -0.15) is 0 Å². The first kappa shape index (κ1) is 13.3. The molecule has 6 aliphatic rings. The van der Waals surface area contributed by atoms with Crippen LogP contribution in [0.25, 0.3) is 0 Å². The average Bonchev–Trinajstić information content (AvgIpc) is 2.95. The Balaban J connectivity index is 1.41. The van der Waals surface area contributed by atoms with Crippen LogP contribution in [0.1, 0.15) is 77.0 Å². The SMILES string of the molecule is C1CCC2C(C1)CC1CCC3CC4CCCC5CC2C1C3C45. The maximum Gasteiger partial charge on any atom is -0.0318 e. The molecule has 6 saturated carbocycles. The molecule has 0 aromatic rings. The molecule has 0 N–H and O–H groups in total. The van der Waals surface area contributed by atoms with Gasteiger partial charge in [-0.15, -0.1) is 0 Å². The highest BCUT2D eigenvalue weighted by Gasteiger charge is 2.61. The van der Waals surface area contributed by atoms with Crippen molar-refractivity contribution in [3.63, 3.8) is 0 Å². The fourth-order valence-electron chi connectivity index (χ4n) is 9.63. The van der Waals surface area contributed by atoms with Crippen LogP contribution in [0.4, 0.5) is 0 Å². The zero-order valence-electron chi connectivity index (χ0n) is 14.3. The third-order valence-corrected chi connectivity index (χ3v) is 9.92. The van der Waals surface area contributed by atoms with E-state index >= 15 is 0 Å². The van der Waals surface area contributed by atoms with Gasteiger partial charge in [-0.25, -0.2) is 0 Å². The topological polar surface area (TPSA) is 0 Å². The van der Waals surface area contributed by atoms with E-state index in [9.17, 15) is 0 Å². The minimum absolute atomic E-state index is 1.16. The molecular formula is C22H34. The zero-order valence-corrected chi connectivity index (χ0v) is 14.3. The van der Waals surface area contributed by atoms with E-state index in [1.165, 1.54) is 53.3 Å². The van der Waals surface area contributed by atoms with Gasteiger partial charge in [-0.3, -0.25) is 0 Å². The van der Waals surface area contributed by atoms with Gasteiger partial charge in [0, 0.05) is 0 Å². The van der Waals surface area contributed by atoms with Gasteiger partial charge < -0.3 is 0 Å². The normalized spacial score (nSPS) is 62.2. The Kier molecular flexibility index (Phi) is 2.88. The summed E-state index contributed by atoms with van der Waals surface area (Å²) in [4.78, 5) is 0. The molecule has 10 unspecified atom stereocenters. The lowest BCUT2D eigenvalue weighted by molar-refractivity contribution is -0.120. The molecule has 0 saturated heterocycles. The molecule has 0 amide bonds. The maximum absolute atomic E-state index is 1.69. The van der Waals surface area contributed by atoms with Gasteiger partial charge in [0.25, 0.3) is 0 Å². The summed E-state index contributed by atoms with van der Waals surface area (Å²) in [5.41, 5.74) is 0. The fraction of sp³-hybridized carbons (Fsp3) is 1.00. The van der Waals surface area contributed by atoms with E-state index < -0.39 is 0 Å². The number of rotatable bonds is 0.